The van der Waals surface area contributed by atoms with Crippen LogP contribution in [0.4, 0.5) is 5.69 Å². The average molecular weight is 410 g/mol. The van der Waals surface area contributed by atoms with Gasteiger partial charge in [-0.2, -0.15) is 0 Å². The second kappa shape index (κ2) is 12.5. The van der Waals surface area contributed by atoms with E-state index in [1.807, 2.05) is 18.2 Å². The minimum absolute atomic E-state index is 0.0496. The van der Waals surface area contributed by atoms with Gasteiger partial charge in [-0.25, -0.2) is 0 Å². The minimum atomic E-state index is -0.852. The second-order valence-electron chi connectivity index (χ2n) is 7.31. The van der Waals surface area contributed by atoms with E-state index < -0.39 is 5.97 Å². The molecule has 5 heteroatoms. The molecule has 0 aromatic heterocycles. The van der Waals surface area contributed by atoms with E-state index in [2.05, 4.69) is 37.4 Å². The van der Waals surface area contributed by atoms with Crippen LogP contribution in [0.1, 0.15) is 55.7 Å². The number of anilines is 1. The summed E-state index contributed by atoms with van der Waals surface area (Å²) < 4.78 is 5.62. The minimum Gasteiger partial charge on any atom is -0.491 e. The largest absolute Gasteiger partial charge is 0.491 e. The molecular formula is C25H31NO4. The number of rotatable bonds is 12. The number of amides is 1. The lowest BCUT2D eigenvalue weighted by molar-refractivity contribution is -0.137. The number of nitrogens with one attached hydrogen (secondary N) is 1. The summed E-state index contributed by atoms with van der Waals surface area (Å²) in [7, 11) is 0. The second-order valence-corrected chi connectivity index (χ2v) is 7.31. The SMILES string of the molecule is CCCCCc1ccc(C=CC(=O)Nc2ccccc2OCCCC(=O)O)c(C)c1. The van der Waals surface area contributed by atoms with Crippen molar-refractivity contribution in [1.29, 1.82) is 0 Å². The maximum Gasteiger partial charge on any atom is 0.303 e. The first kappa shape index (κ1) is 23.2. The molecule has 0 saturated carbocycles. The van der Waals surface area contributed by atoms with Gasteiger partial charge in [-0.15, -0.1) is 0 Å². The zero-order valence-electron chi connectivity index (χ0n) is 17.8. The summed E-state index contributed by atoms with van der Waals surface area (Å²) in [5.74, 6) is -0.574. The van der Waals surface area contributed by atoms with Crippen LogP contribution < -0.4 is 10.1 Å². The fourth-order valence-corrected chi connectivity index (χ4v) is 3.10. The summed E-state index contributed by atoms with van der Waals surface area (Å²) >= 11 is 0. The first-order chi connectivity index (χ1) is 14.5. The maximum absolute atomic E-state index is 12.4. The summed E-state index contributed by atoms with van der Waals surface area (Å²) in [5, 5.41) is 11.5. The normalized spacial score (nSPS) is 10.9. The number of benzene rings is 2. The molecule has 0 aliphatic heterocycles. The molecule has 1 amide bonds. The van der Waals surface area contributed by atoms with Crippen molar-refractivity contribution in [3.8, 4) is 5.75 Å². The molecule has 0 bridgehead atoms. The van der Waals surface area contributed by atoms with Crippen LogP contribution in [-0.2, 0) is 16.0 Å². The predicted octanol–water partition coefficient (Wildman–Crippen LogP) is 5.62. The van der Waals surface area contributed by atoms with E-state index in [4.69, 9.17) is 9.84 Å². The highest BCUT2D eigenvalue weighted by atomic mass is 16.5. The standard InChI is InChI=1S/C25H31NO4/c1-3-4-5-9-20-13-14-21(19(2)18-20)15-16-24(27)26-22-10-6-7-11-23(22)30-17-8-12-25(28)29/h6-7,10-11,13-16,18H,3-5,8-9,12,17H2,1-2H3,(H,26,27)(H,28,29). The number of para-hydroxylation sites is 2. The van der Waals surface area contributed by atoms with Gasteiger partial charge in [0.1, 0.15) is 5.75 Å². The van der Waals surface area contributed by atoms with Gasteiger partial charge in [0.15, 0.2) is 0 Å². The number of hydrogen-bond acceptors (Lipinski definition) is 3. The molecule has 0 atom stereocenters. The molecule has 2 aromatic carbocycles. The molecule has 0 aliphatic rings. The highest BCUT2D eigenvalue weighted by Gasteiger charge is 2.06. The van der Waals surface area contributed by atoms with Crippen molar-refractivity contribution in [2.45, 2.75) is 52.4 Å². The molecule has 0 heterocycles. The molecule has 2 N–H and O–H groups in total. The van der Waals surface area contributed by atoms with E-state index in [1.165, 1.54) is 30.9 Å². The average Bonchev–Trinajstić information content (AvgIpc) is 2.72. The molecule has 0 radical (unpaired) electrons. The predicted molar refractivity (Wildman–Crippen MR) is 121 cm³/mol. The Morgan fingerprint density at radius 1 is 1.10 bits per heavy atom. The number of carbonyl (C=O) groups is 2. The first-order valence-electron chi connectivity index (χ1n) is 10.5. The van der Waals surface area contributed by atoms with Crippen LogP contribution in [0.15, 0.2) is 48.5 Å². The smallest absolute Gasteiger partial charge is 0.303 e. The van der Waals surface area contributed by atoms with Gasteiger partial charge in [0.2, 0.25) is 5.91 Å². The molecule has 0 saturated heterocycles. The zero-order valence-corrected chi connectivity index (χ0v) is 17.8. The van der Waals surface area contributed by atoms with Gasteiger partial charge in [-0.1, -0.05) is 50.1 Å². The lowest BCUT2D eigenvalue weighted by Gasteiger charge is -2.11. The molecule has 2 aromatic rings. The van der Waals surface area contributed by atoms with Crippen LogP contribution in [0.3, 0.4) is 0 Å². The summed E-state index contributed by atoms with van der Waals surface area (Å²) in [4.78, 5) is 23.0. The van der Waals surface area contributed by atoms with E-state index in [9.17, 15) is 9.59 Å². The van der Waals surface area contributed by atoms with Crippen LogP contribution in [0.5, 0.6) is 5.75 Å². The third-order valence-electron chi connectivity index (χ3n) is 4.75. The molecule has 0 aliphatic carbocycles. The molecular weight excluding hydrogens is 378 g/mol. The third kappa shape index (κ3) is 8.11. The molecule has 30 heavy (non-hydrogen) atoms. The number of aryl methyl sites for hydroxylation is 2. The van der Waals surface area contributed by atoms with Gasteiger partial charge in [0, 0.05) is 12.5 Å². The van der Waals surface area contributed by atoms with Crippen molar-refractivity contribution >= 4 is 23.6 Å². The van der Waals surface area contributed by atoms with Crippen LogP contribution in [0.25, 0.3) is 6.08 Å². The van der Waals surface area contributed by atoms with Gasteiger partial charge < -0.3 is 15.2 Å². The third-order valence-corrected chi connectivity index (χ3v) is 4.75. The Labute approximate surface area is 178 Å². The highest BCUT2D eigenvalue weighted by Crippen LogP contribution is 2.24. The summed E-state index contributed by atoms with van der Waals surface area (Å²) in [6.07, 6.45) is 8.53. The van der Waals surface area contributed by atoms with E-state index in [1.54, 1.807) is 12.1 Å². The molecule has 0 fully saturated rings. The lowest BCUT2D eigenvalue weighted by atomic mass is 10.0. The van der Waals surface area contributed by atoms with Crippen LogP contribution in [-0.4, -0.2) is 23.6 Å². The van der Waals surface area contributed by atoms with E-state index >= 15 is 0 Å². The molecule has 5 nitrogen and oxygen atoms in total. The number of hydrogen-bond donors (Lipinski definition) is 2. The molecule has 0 spiro atoms. The van der Waals surface area contributed by atoms with Crippen molar-refractivity contribution in [3.05, 3.63) is 65.2 Å². The summed E-state index contributed by atoms with van der Waals surface area (Å²) in [6, 6.07) is 13.5. The van der Waals surface area contributed by atoms with Gasteiger partial charge >= 0.3 is 5.97 Å². The van der Waals surface area contributed by atoms with Crippen LogP contribution in [0, 0.1) is 6.92 Å². The van der Waals surface area contributed by atoms with Crippen molar-refractivity contribution in [3.63, 3.8) is 0 Å². The Hall–Kier alpha value is -3.08. The molecule has 160 valence electrons. The Bertz CT molecular complexity index is 873. The van der Waals surface area contributed by atoms with E-state index in [-0.39, 0.29) is 18.9 Å². The van der Waals surface area contributed by atoms with Crippen molar-refractivity contribution in [2.75, 3.05) is 11.9 Å². The highest BCUT2D eigenvalue weighted by molar-refractivity contribution is 6.02. The fourth-order valence-electron chi connectivity index (χ4n) is 3.10. The lowest BCUT2D eigenvalue weighted by Crippen LogP contribution is -2.10. The van der Waals surface area contributed by atoms with Crippen molar-refractivity contribution in [1.82, 2.24) is 0 Å². The Morgan fingerprint density at radius 2 is 1.90 bits per heavy atom. The van der Waals surface area contributed by atoms with Gasteiger partial charge in [-0.05, 0) is 61.1 Å². The first-order valence-corrected chi connectivity index (χ1v) is 10.5. The maximum atomic E-state index is 12.4. The van der Waals surface area contributed by atoms with Crippen molar-refractivity contribution < 1.29 is 19.4 Å². The van der Waals surface area contributed by atoms with Crippen LogP contribution >= 0.6 is 0 Å². The molecule has 0 unspecified atom stereocenters. The van der Waals surface area contributed by atoms with Crippen LogP contribution in [0.2, 0.25) is 0 Å². The number of carboxylic acids is 1. The zero-order chi connectivity index (χ0) is 21.8. The number of ether oxygens (including phenoxy) is 1. The Kier molecular flexibility index (Phi) is 9.65. The monoisotopic (exact) mass is 409 g/mol. The fraction of sp³-hybridized carbons (Fsp3) is 0.360. The Balaban J connectivity index is 1.94. The Morgan fingerprint density at radius 3 is 2.63 bits per heavy atom. The van der Waals surface area contributed by atoms with Crippen molar-refractivity contribution in [2.24, 2.45) is 0 Å². The number of carboxylic acid groups (broad SMARTS) is 1. The summed E-state index contributed by atoms with van der Waals surface area (Å²) in [5.41, 5.74) is 4.06. The number of aliphatic carboxylic acids is 1. The van der Waals surface area contributed by atoms with E-state index in [0.29, 0.717) is 17.9 Å². The quantitative estimate of drug-likeness (QED) is 0.352. The topological polar surface area (TPSA) is 75.6 Å². The van der Waals surface area contributed by atoms with E-state index in [0.717, 1.165) is 17.5 Å². The number of carbonyl (C=O) groups excluding carboxylic acids is 1. The summed E-state index contributed by atoms with van der Waals surface area (Å²) in [6.45, 7) is 4.54. The van der Waals surface area contributed by atoms with Gasteiger partial charge in [0.05, 0.1) is 12.3 Å². The molecule has 2 rings (SSSR count). The number of unbranched alkanes of at least 4 members (excludes halogenated alkanes) is 2. The van der Waals surface area contributed by atoms with Gasteiger partial charge in [0.25, 0.3) is 0 Å². The van der Waals surface area contributed by atoms with Gasteiger partial charge in [-0.3, -0.25) is 9.59 Å².